The van der Waals surface area contributed by atoms with Crippen molar-refractivity contribution < 1.29 is 41.2 Å². The summed E-state index contributed by atoms with van der Waals surface area (Å²) in [4.78, 5) is 5.07. The van der Waals surface area contributed by atoms with Gasteiger partial charge in [-0.1, -0.05) is 173 Å². The molecule has 0 aliphatic carbocycles. The van der Waals surface area contributed by atoms with Crippen LogP contribution in [0.4, 0.5) is 0 Å². The second kappa shape index (κ2) is 37.8. The van der Waals surface area contributed by atoms with Crippen LogP contribution < -0.4 is 20.5 Å². The van der Waals surface area contributed by atoms with Crippen LogP contribution in [0, 0.1) is 10.8 Å². The van der Waals surface area contributed by atoms with Crippen molar-refractivity contribution in [1.82, 2.24) is 23.7 Å². The summed E-state index contributed by atoms with van der Waals surface area (Å²) in [5.41, 5.74) is 12.4. The SMILES string of the molecule is C.COc1ccc(S(=O)(=O)N(CC(O)[C@@H](N)Cc2ccccc2)CC(C)(C)CCN(Cc2ccccc2)Cc2ccccc2)cc1.COc1ccc(S(=O)(=O)N(CC(O)[C@H](Cc2ccccc2)NCB=O)CC(C)(C)CCN(Cc2ccccc2)Cc2ccccc2)cc1. The molecule has 0 radical (unpaired) electrons. The van der Waals surface area contributed by atoms with Gasteiger partial charge in [0, 0.05) is 32.2 Å². The summed E-state index contributed by atoms with van der Waals surface area (Å²) in [6.45, 7) is 13.1. The maximum absolute atomic E-state index is 14.2. The zero-order valence-corrected chi connectivity index (χ0v) is 56.5. The van der Waals surface area contributed by atoms with Crippen molar-refractivity contribution >= 4 is 27.2 Å². The quantitative estimate of drug-likeness (QED) is 0.0269. The number of aliphatic hydroxyl groups excluding tert-OH is 2. The molecule has 0 aromatic heterocycles. The summed E-state index contributed by atoms with van der Waals surface area (Å²) in [5.74, 6) is 1.13. The number of methoxy groups -OCH3 is 2. The number of nitrogens with zero attached hydrogens (tertiary/aromatic N) is 4. The van der Waals surface area contributed by atoms with Crippen molar-refractivity contribution in [2.24, 2.45) is 16.6 Å². The average molecular weight is 1320 g/mol. The Balaban J connectivity index is 0.000000295. The molecule has 0 fully saturated rings. The molecule has 8 aromatic carbocycles. The van der Waals surface area contributed by atoms with E-state index in [0.29, 0.717) is 30.8 Å². The van der Waals surface area contributed by atoms with E-state index >= 15 is 0 Å². The molecule has 0 bridgehead atoms. The van der Waals surface area contributed by atoms with Crippen molar-refractivity contribution in [2.75, 3.05) is 59.9 Å². The maximum atomic E-state index is 14.2. The molecule has 0 saturated carbocycles. The van der Waals surface area contributed by atoms with Crippen LogP contribution in [-0.4, -0.2) is 137 Å². The number of sulfonamides is 2. The molecule has 0 heterocycles. The number of rotatable bonds is 37. The van der Waals surface area contributed by atoms with Crippen molar-refractivity contribution in [3.8, 4) is 11.5 Å². The molecule has 94 heavy (non-hydrogen) atoms. The molecule has 5 N–H and O–H groups in total. The van der Waals surface area contributed by atoms with E-state index in [9.17, 15) is 31.8 Å². The van der Waals surface area contributed by atoms with Gasteiger partial charge in [-0.25, -0.2) is 8.42 Å². The number of ether oxygens (including phenoxy) is 2. The second-order valence-corrected chi connectivity index (χ2v) is 29.4. The summed E-state index contributed by atoms with van der Waals surface area (Å²) in [7, 11) is -4.13. The van der Waals surface area contributed by atoms with Gasteiger partial charge in [0.25, 0.3) is 0 Å². The Hall–Kier alpha value is -7.20. The van der Waals surface area contributed by atoms with Crippen LogP contribution in [0.1, 0.15) is 81.3 Å². The first-order valence-corrected chi connectivity index (χ1v) is 34.8. The van der Waals surface area contributed by atoms with Gasteiger partial charge in [0.15, 0.2) is 0 Å². The summed E-state index contributed by atoms with van der Waals surface area (Å²) < 4.78 is 81.2. The first-order valence-electron chi connectivity index (χ1n) is 31.9. The third kappa shape index (κ3) is 24.9. The van der Waals surface area contributed by atoms with E-state index in [-0.39, 0.29) is 49.8 Å². The third-order valence-corrected chi connectivity index (χ3v) is 20.3. The van der Waals surface area contributed by atoms with Gasteiger partial charge in [0.2, 0.25) is 10.0 Å². The molecule has 8 aromatic rings. The standard InChI is InChI=1S/C38H48BN3O5S.C37H47N3O4S.CH4/c1-38(2,23-24-41(26-32-15-9-5-10-16-32)27-33-17-11-6-12-18-33)29-42(48(45,46)35-21-19-34(47-3)20-22-35)28-37(43)36(40-30-39-44)25-31-13-7-4-8-14-31;1-37(2,23-24-39(26-31-15-9-5-10-16-31)27-32-17-11-6-12-18-32)29-40(45(42,43)34-21-19-33(44-3)20-22-34)28-36(41)35(38)25-30-13-7-4-8-14-30;/h4-22,36-37,40,43H,23-30H2,1-3H3;4-22,35-36,41H,23-29,38H2,1-3H3;1H4/t36-,37?;35-,36?;/m00./s1. The summed E-state index contributed by atoms with van der Waals surface area (Å²) in [6.07, 6.45) is 0.244. The fourth-order valence-electron chi connectivity index (χ4n) is 11.2. The van der Waals surface area contributed by atoms with Crippen molar-refractivity contribution in [1.29, 1.82) is 0 Å². The summed E-state index contributed by atoms with van der Waals surface area (Å²) in [5, 5.41) is 25.9. The molecule has 15 nitrogen and oxygen atoms in total. The second-order valence-electron chi connectivity index (χ2n) is 25.5. The summed E-state index contributed by atoms with van der Waals surface area (Å²) >= 11 is 0. The van der Waals surface area contributed by atoms with E-state index in [1.54, 1.807) is 43.5 Å². The van der Waals surface area contributed by atoms with Crippen molar-refractivity contribution in [3.05, 3.63) is 264 Å². The van der Waals surface area contributed by atoms with Gasteiger partial charge >= 0.3 is 209 Å². The predicted molar refractivity (Wildman–Crippen MR) is 380 cm³/mol. The van der Waals surface area contributed by atoms with Crippen LogP contribution in [0.5, 0.6) is 11.5 Å². The third-order valence-electron chi connectivity index (χ3n) is 16.6. The molecule has 18 heteroatoms. The number of hydrogen-bond acceptors (Lipinski definition) is 13. The Morgan fingerprint density at radius 1 is 0.457 bits per heavy atom. The van der Waals surface area contributed by atoms with E-state index in [2.05, 4.69) is 116 Å². The predicted octanol–water partition coefficient (Wildman–Crippen LogP) is 11.7. The number of aliphatic hydroxyl groups is 2. The monoisotopic (exact) mass is 1310 g/mol. The molecule has 0 aliphatic rings. The molecule has 8 rings (SSSR count). The van der Waals surface area contributed by atoms with Crippen LogP contribution in [0.3, 0.4) is 0 Å². The molecule has 4 atom stereocenters. The Kier molecular flexibility index (Phi) is 30.5. The number of hydrogen-bond donors (Lipinski definition) is 4. The molecule has 0 aliphatic heterocycles. The molecule has 0 amide bonds. The van der Waals surface area contributed by atoms with Crippen molar-refractivity contribution in [2.45, 2.75) is 121 Å². The number of nitrogens with one attached hydrogen (secondary N) is 1. The van der Waals surface area contributed by atoms with Gasteiger partial charge in [-0.05, 0) is 76.9 Å². The van der Waals surface area contributed by atoms with Gasteiger partial charge in [-0.15, -0.1) is 0 Å². The zero-order chi connectivity index (χ0) is 66.7. The Bertz CT molecular complexity index is 3560. The van der Waals surface area contributed by atoms with Crippen LogP contribution in [0.2, 0.25) is 0 Å². The Morgan fingerprint density at radius 3 is 1.06 bits per heavy atom. The number of nitrogens with two attached hydrogens (primary N) is 1. The van der Waals surface area contributed by atoms with E-state index < -0.39 is 55.2 Å². The fraction of sp³-hybridized carbons (Fsp3) is 0.368. The molecule has 502 valence electrons. The van der Waals surface area contributed by atoms with E-state index in [0.717, 1.165) is 64.0 Å². The fourth-order valence-corrected chi connectivity index (χ4v) is 14.5. The first-order chi connectivity index (χ1) is 44.6. The zero-order valence-electron chi connectivity index (χ0n) is 54.9. The van der Waals surface area contributed by atoms with E-state index in [4.69, 9.17) is 15.2 Å². The van der Waals surface area contributed by atoms with Crippen LogP contribution in [0.15, 0.2) is 240 Å². The molecular formula is C76H99BN6O9S2. The molecular weight excluding hydrogens is 1220 g/mol. The van der Waals surface area contributed by atoms with Crippen LogP contribution >= 0.6 is 0 Å². The van der Waals surface area contributed by atoms with E-state index in [1.165, 1.54) is 50.1 Å². The van der Waals surface area contributed by atoms with Crippen LogP contribution in [-0.2, 0) is 63.8 Å². The average Bonchev–Trinajstić information content (AvgIpc) is 0.806. The van der Waals surface area contributed by atoms with Gasteiger partial charge in [-0.3, -0.25) is 4.90 Å². The summed E-state index contributed by atoms with van der Waals surface area (Å²) in [6, 6.07) is 72.3. The first kappa shape index (κ1) is 75.8. The molecule has 0 spiro atoms. The topological polar surface area (TPSA) is 195 Å². The number of benzene rings is 8. The normalized spacial score (nSPS) is 13.3. The van der Waals surface area contributed by atoms with Crippen LogP contribution in [0.25, 0.3) is 0 Å². The molecule has 0 saturated heterocycles. The Labute approximate surface area is 561 Å². The minimum absolute atomic E-state index is 0. The van der Waals surface area contributed by atoms with Crippen molar-refractivity contribution in [3.63, 3.8) is 0 Å². The van der Waals surface area contributed by atoms with Gasteiger partial charge in [0.1, 0.15) is 5.75 Å². The van der Waals surface area contributed by atoms with Gasteiger partial charge in [-0.2, -0.15) is 4.31 Å². The Morgan fingerprint density at radius 2 is 0.755 bits per heavy atom. The minimum atomic E-state index is -4.01. The van der Waals surface area contributed by atoms with Gasteiger partial charge < -0.3 is 15.6 Å². The molecule has 2 unspecified atom stereocenters. The van der Waals surface area contributed by atoms with Gasteiger partial charge in [0.05, 0.1) is 25.2 Å². The van der Waals surface area contributed by atoms with E-state index in [1.807, 2.05) is 109 Å².